The van der Waals surface area contributed by atoms with Gasteiger partial charge in [-0.1, -0.05) is 44.2 Å². The maximum Gasteiger partial charge on any atom is 0.204 e. The standard InChI is InChI=1S/C20H25N3O3S2/c1-20(2,3)15-10-21-16(26-15)12-27-17-11-23-19(28-17)22-9-13-7-6-8-14(24-4)18(13)25-5/h6-8,10-11H,9,12H2,1-5H3,(H,22,23). The molecule has 150 valence electrons. The van der Waals surface area contributed by atoms with Crippen LogP contribution in [-0.2, 0) is 17.7 Å². The lowest BCUT2D eigenvalue weighted by Gasteiger charge is -2.13. The number of thioether (sulfide) groups is 1. The smallest absolute Gasteiger partial charge is 0.204 e. The number of aromatic nitrogens is 2. The number of nitrogens with zero attached hydrogens (tertiary/aromatic N) is 2. The Balaban J connectivity index is 1.57. The van der Waals surface area contributed by atoms with Crippen LogP contribution in [0.15, 0.2) is 39.2 Å². The van der Waals surface area contributed by atoms with Crippen molar-refractivity contribution >= 4 is 28.2 Å². The zero-order chi connectivity index (χ0) is 20.1. The maximum atomic E-state index is 5.84. The first-order valence-corrected chi connectivity index (χ1v) is 10.7. The average molecular weight is 420 g/mol. The molecule has 0 amide bonds. The molecule has 2 aromatic heterocycles. The van der Waals surface area contributed by atoms with Crippen molar-refractivity contribution in [2.45, 2.75) is 42.7 Å². The Kier molecular flexibility index (Phi) is 6.51. The summed E-state index contributed by atoms with van der Waals surface area (Å²) >= 11 is 3.28. The van der Waals surface area contributed by atoms with Crippen LogP contribution in [0.25, 0.3) is 0 Å². The Morgan fingerprint density at radius 3 is 2.64 bits per heavy atom. The molecule has 6 nitrogen and oxygen atoms in total. The predicted molar refractivity (Wildman–Crippen MR) is 114 cm³/mol. The topological polar surface area (TPSA) is 69.4 Å². The molecule has 0 bridgehead atoms. The Morgan fingerprint density at radius 1 is 1.14 bits per heavy atom. The monoisotopic (exact) mass is 419 g/mol. The minimum atomic E-state index is -0.0291. The molecule has 0 spiro atoms. The minimum Gasteiger partial charge on any atom is -0.493 e. The zero-order valence-electron chi connectivity index (χ0n) is 16.7. The average Bonchev–Trinajstić information content (AvgIpc) is 3.33. The molecule has 2 heterocycles. The molecular weight excluding hydrogens is 394 g/mol. The van der Waals surface area contributed by atoms with Crippen LogP contribution in [-0.4, -0.2) is 24.2 Å². The molecule has 0 unspecified atom stereocenters. The number of anilines is 1. The molecule has 0 radical (unpaired) electrons. The van der Waals surface area contributed by atoms with Crippen molar-refractivity contribution in [3.05, 3.63) is 47.8 Å². The van der Waals surface area contributed by atoms with Crippen LogP contribution in [0.3, 0.4) is 0 Å². The summed E-state index contributed by atoms with van der Waals surface area (Å²) in [5.74, 6) is 3.78. The lowest BCUT2D eigenvalue weighted by atomic mass is 9.94. The first kappa shape index (κ1) is 20.5. The summed E-state index contributed by atoms with van der Waals surface area (Å²) < 4.78 is 17.8. The lowest BCUT2D eigenvalue weighted by molar-refractivity contribution is 0.352. The number of benzene rings is 1. The van der Waals surface area contributed by atoms with Crippen molar-refractivity contribution in [1.82, 2.24) is 9.97 Å². The highest BCUT2D eigenvalue weighted by atomic mass is 32.2. The van der Waals surface area contributed by atoms with Gasteiger partial charge in [0.2, 0.25) is 5.89 Å². The van der Waals surface area contributed by atoms with Crippen molar-refractivity contribution in [2.75, 3.05) is 19.5 Å². The molecule has 1 N–H and O–H groups in total. The molecule has 0 saturated heterocycles. The van der Waals surface area contributed by atoms with Gasteiger partial charge < -0.3 is 19.2 Å². The van der Waals surface area contributed by atoms with E-state index in [0.717, 1.165) is 38.1 Å². The fraction of sp³-hybridized carbons (Fsp3) is 0.400. The first-order chi connectivity index (χ1) is 13.4. The molecule has 0 aliphatic heterocycles. The highest BCUT2D eigenvalue weighted by Gasteiger charge is 2.19. The number of ether oxygens (including phenoxy) is 2. The second-order valence-corrected chi connectivity index (χ2v) is 9.45. The van der Waals surface area contributed by atoms with Gasteiger partial charge in [0, 0.05) is 17.5 Å². The largest absolute Gasteiger partial charge is 0.493 e. The van der Waals surface area contributed by atoms with Crippen molar-refractivity contribution < 1.29 is 13.9 Å². The number of nitrogens with one attached hydrogen (secondary N) is 1. The SMILES string of the molecule is COc1cccc(CNc2ncc(SCc3ncc(C(C)(C)C)o3)s2)c1OC. The third kappa shape index (κ3) is 4.99. The number of para-hydroxylation sites is 1. The van der Waals surface area contributed by atoms with Gasteiger partial charge in [0.1, 0.15) is 5.76 Å². The fourth-order valence-corrected chi connectivity index (χ4v) is 4.25. The second kappa shape index (κ2) is 8.87. The van der Waals surface area contributed by atoms with E-state index in [1.54, 1.807) is 37.3 Å². The molecule has 3 rings (SSSR count). The summed E-state index contributed by atoms with van der Waals surface area (Å²) in [6.07, 6.45) is 3.69. The molecule has 0 aliphatic rings. The number of hydrogen-bond acceptors (Lipinski definition) is 8. The van der Waals surface area contributed by atoms with Gasteiger partial charge >= 0.3 is 0 Å². The van der Waals surface area contributed by atoms with E-state index in [1.807, 2.05) is 30.6 Å². The normalized spacial score (nSPS) is 11.5. The summed E-state index contributed by atoms with van der Waals surface area (Å²) in [6, 6.07) is 5.84. The van der Waals surface area contributed by atoms with Crippen molar-refractivity contribution in [1.29, 1.82) is 0 Å². The van der Waals surface area contributed by atoms with Gasteiger partial charge in [-0.2, -0.15) is 0 Å². The Hall–Kier alpha value is -2.19. The van der Waals surface area contributed by atoms with Crippen LogP contribution < -0.4 is 14.8 Å². The fourth-order valence-electron chi connectivity index (χ4n) is 2.53. The van der Waals surface area contributed by atoms with E-state index >= 15 is 0 Å². The van der Waals surface area contributed by atoms with Crippen LogP contribution in [0.5, 0.6) is 11.5 Å². The van der Waals surface area contributed by atoms with Crippen LogP contribution in [0.4, 0.5) is 5.13 Å². The Morgan fingerprint density at radius 2 is 1.96 bits per heavy atom. The van der Waals surface area contributed by atoms with Crippen molar-refractivity contribution in [3.8, 4) is 11.5 Å². The van der Waals surface area contributed by atoms with E-state index < -0.39 is 0 Å². The summed E-state index contributed by atoms with van der Waals surface area (Å²) in [4.78, 5) is 8.82. The van der Waals surface area contributed by atoms with Crippen molar-refractivity contribution in [3.63, 3.8) is 0 Å². The van der Waals surface area contributed by atoms with Gasteiger partial charge in [-0.3, -0.25) is 0 Å². The number of methoxy groups -OCH3 is 2. The van der Waals surface area contributed by atoms with E-state index in [4.69, 9.17) is 13.9 Å². The molecule has 0 saturated carbocycles. The maximum absolute atomic E-state index is 5.84. The molecule has 0 aliphatic carbocycles. The van der Waals surface area contributed by atoms with Gasteiger partial charge in [-0.25, -0.2) is 9.97 Å². The number of thiazole rings is 1. The van der Waals surface area contributed by atoms with Crippen molar-refractivity contribution in [2.24, 2.45) is 0 Å². The highest BCUT2D eigenvalue weighted by Crippen LogP contribution is 2.34. The summed E-state index contributed by atoms with van der Waals surface area (Å²) in [5, 5.41) is 4.21. The van der Waals surface area contributed by atoms with Gasteiger partial charge in [-0.05, 0) is 6.07 Å². The number of oxazole rings is 1. The molecule has 28 heavy (non-hydrogen) atoms. The summed E-state index contributed by atoms with van der Waals surface area (Å²) in [6.45, 7) is 6.95. The molecule has 0 atom stereocenters. The summed E-state index contributed by atoms with van der Waals surface area (Å²) in [5.41, 5.74) is 0.985. The predicted octanol–water partition coefficient (Wildman–Crippen LogP) is 5.35. The van der Waals surface area contributed by atoms with Crippen LogP contribution in [0, 0.1) is 0 Å². The van der Waals surface area contributed by atoms with E-state index in [2.05, 4.69) is 36.1 Å². The molecule has 8 heteroatoms. The van der Waals surface area contributed by atoms with Gasteiger partial charge in [0.15, 0.2) is 16.6 Å². The molecule has 1 aromatic carbocycles. The zero-order valence-corrected chi connectivity index (χ0v) is 18.4. The Bertz CT molecular complexity index is 916. The lowest BCUT2D eigenvalue weighted by Crippen LogP contribution is -2.09. The van der Waals surface area contributed by atoms with Crippen LogP contribution in [0.1, 0.15) is 38.0 Å². The van der Waals surface area contributed by atoms with Gasteiger partial charge in [-0.15, -0.1) is 11.8 Å². The molecule has 3 aromatic rings. The van der Waals surface area contributed by atoms with E-state index in [0.29, 0.717) is 12.3 Å². The second-order valence-electron chi connectivity index (χ2n) is 7.15. The number of hydrogen-bond donors (Lipinski definition) is 1. The van der Waals surface area contributed by atoms with Crippen LogP contribution >= 0.6 is 23.1 Å². The molecular formula is C20H25N3O3S2. The molecule has 0 fully saturated rings. The summed E-state index contributed by atoms with van der Waals surface area (Å²) in [7, 11) is 3.28. The first-order valence-electron chi connectivity index (χ1n) is 8.88. The Labute approximate surface area is 173 Å². The third-order valence-corrected chi connectivity index (χ3v) is 6.16. The van der Waals surface area contributed by atoms with E-state index in [1.165, 1.54) is 0 Å². The van der Waals surface area contributed by atoms with Crippen LogP contribution in [0.2, 0.25) is 0 Å². The van der Waals surface area contributed by atoms with Gasteiger partial charge in [0.25, 0.3) is 0 Å². The number of rotatable bonds is 8. The van der Waals surface area contributed by atoms with E-state index in [-0.39, 0.29) is 5.41 Å². The van der Waals surface area contributed by atoms with Gasteiger partial charge in [0.05, 0.1) is 36.6 Å². The quantitative estimate of drug-likeness (QED) is 0.494. The highest BCUT2D eigenvalue weighted by molar-refractivity contribution is 8.00. The third-order valence-electron chi connectivity index (χ3n) is 4.03. The minimum absolute atomic E-state index is 0.0291. The van der Waals surface area contributed by atoms with E-state index in [9.17, 15) is 0 Å².